The normalized spacial score (nSPS) is 20.2. The van der Waals surface area contributed by atoms with E-state index < -0.39 is 67.4 Å². The van der Waals surface area contributed by atoms with Gasteiger partial charge in [0.2, 0.25) is 5.91 Å². The Balaban J connectivity index is 2.76. The molecule has 1 rings (SSSR count). The molecule has 74 heavy (non-hydrogen) atoms. The Morgan fingerprint density at radius 3 is 1.62 bits per heavy atom. The van der Waals surface area contributed by atoms with Crippen LogP contribution in [0.2, 0.25) is 0 Å². The Bertz CT molecular complexity index is 1660. The van der Waals surface area contributed by atoms with Crippen molar-refractivity contribution in [3.63, 3.8) is 0 Å². The molecule has 1 heterocycles. The number of esters is 1. The lowest BCUT2D eigenvalue weighted by molar-refractivity contribution is -0.305. The van der Waals surface area contributed by atoms with Crippen LogP contribution in [-0.4, -0.2) is 99.6 Å². The molecular formula is C63H103NO10. The van der Waals surface area contributed by atoms with Crippen LogP contribution in [0.3, 0.4) is 0 Å². The van der Waals surface area contributed by atoms with Crippen molar-refractivity contribution in [2.45, 2.75) is 250 Å². The number of unbranched alkanes of at least 4 members (excludes halogenated alkanes) is 17. The fraction of sp³-hybridized carbons (Fsp3) is 0.651. The maximum absolute atomic E-state index is 13.4. The number of ether oxygens (including phenoxy) is 3. The highest BCUT2D eigenvalue weighted by atomic mass is 16.7. The summed E-state index contributed by atoms with van der Waals surface area (Å²) in [6.45, 7) is 5.46. The van der Waals surface area contributed by atoms with Gasteiger partial charge in [0.15, 0.2) is 12.4 Å². The van der Waals surface area contributed by atoms with Crippen LogP contribution in [-0.2, 0) is 23.8 Å². The lowest BCUT2D eigenvalue weighted by Crippen LogP contribution is -2.61. The molecule has 0 aromatic carbocycles. The second-order valence-electron chi connectivity index (χ2n) is 19.3. The summed E-state index contributed by atoms with van der Waals surface area (Å²) in [4.78, 5) is 26.4. The summed E-state index contributed by atoms with van der Waals surface area (Å²) in [5.74, 6) is -1.27. The smallest absolute Gasteiger partial charge is 0.306 e. The molecule has 1 saturated heterocycles. The first-order chi connectivity index (χ1) is 36.2. The van der Waals surface area contributed by atoms with E-state index in [-0.39, 0.29) is 19.4 Å². The van der Waals surface area contributed by atoms with Gasteiger partial charge in [-0.1, -0.05) is 226 Å². The Morgan fingerprint density at radius 2 is 1.04 bits per heavy atom. The van der Waals surface area contributed by atoms with E-state index in [0.717, 1.165) is 109 Å². The molecule has 6 N–H and O–H groups in total. The molecular weight excluding hydrogens is 931 g/mol. The van der Waals surface area contributed by atoms with Crippen molar-refractivity contribution in [1.29, 1.82) is 0 Å². The van der Waals surface area contributed by atoms with Crippen LogP contribution in [0.25, 0.3) is 0 Å². The third-order valence-corrected chi connectivity index (χ3v) is 12.7. The summed E-state index contributed by atoms with van der Waals surface area (Å²) in [5, 5.41) is 56.8. The second kappa shape index (κ2) is 49.9. The van der Waals surface area contributed by atoms with Gasteiger partial charge in [0.05, 0.1) is 25.4 Å². The Kier molecular flexibility index (Phi) is 45.9. The predicted molar refractivity (Wildman–Crippen MR) is 305 cm³/mol. The minimum absolute atomic E-state index is 0.0680. The zero-order valence-electron chi connectivity index (χ0n) is 46.2. The van der Waals surface area contributed by atoms with E-state index in [4.69, 9.17) is 14.2 Å². The van der Waals surface area contributed by atoms with Gasteiger partial charge in [-0.2, -0.15) is 0 Å². The highest BCUT2D eigenvalue weighted by molar-refractivity contribution is 5.80. The Hall–Kier alpha value is -3.94. The molecule has 0 radical (unpaired) electrons. The van der Waals surface area contributed by atoms with Gasteiger partial charge in [0.25, 0.3) is 0 Å². The maximum Gasteiger partial charge on any atom is 0.306 e. The summed E-state index contributed by atoms with van der Waals surface area (Å²) in [6, 6.07) is -1.05. The molecule has 1 fully saturated rings. The molecule has 420 valence electrons. The number of hydrogen-bond donors (Lipinski definition) is 6. The molecule has 0 bridgehead atoms. The molecule has 8 atom stereocenters. The SMILES string of the molecule is CC/C=C\C/C=C\C/C=C\C/C=C\C/C=C\CCCCCCC(O)C(=O)NC(COC1OC(CO)C(O)C(O)C1OC(=O)CCCCC\C=C/C=C\C=C\C=C\CC)C(O)/C=C/CCCCCCCCCCCC. The highest BCUT2D eigenvalue weighted by Crippen LogP contribution is 2.26. The second-order valence-corrected chi connectivity index (χ2v) is 19.3. The van der Waals surface area contributed by atoms with Crippen LogP contribution in [0.1, 0.15) is 201 Å². The summed E-state index contributed by atoms with van der Waals surface area (Å²) in [6.07, 6.45) is 58.1. The van der Waals surface area contributed by atoms with Gasteiger partial charge in [0, 0.05) is 6.42 Å². The fourth-order valence-corrected chi connectivity index (χ4v) is 8.16. The molecule has 11 heteroatoms. The van der Waals surface area contributed by atoms with E-state index in [0.29, 0.717) is 12.8 Å². The first-order valence-electron chi connectivity index (χ1n) is 28.9. The quantitative estimate of drug-likeness (QED) is 0.0149. The summed E-state index contributed by atoms with van der Waals surface area (Å²) >= 11 is 0. The molecule has 8 unspecified atom stereocenters. The van der Waals surface area contributed by atoms with Crippen LogP contribution in [0.15, 0.2) is 122 Å². The molecule has 0 aromatic rings. The van der Waals surface area contributed by atoms with Crippen LogP contribution < -0.4 is 5.32 Å². The molecule has 1 aliphatic heterocycles. The van der Waals surface area contributed by atoms with E-state index in [1.165, 1.54) is 44.9 Å². The number of carbonyl (C=O) groups excluding carboxylic acids is 2. The van der Waals surface area contributed by atoms with Crippen molar-refractivity contribution >= 4 is 11.9 Å². The predicted octanol–water partition coefficient (Wildman–Crippen LogP) is 13.1. The third-order valence-electron chi connectivity index (χ3n) is 12.7. The van der Waals surface area contributed by atoms with E-state index in [1.807, 2.05) is 42.5 Å². The monoisotopic (exact) mass is 1030 g/mol. The third kappa shape index (κ3) is 37.7. The van der Waals surface area contributed by atoms with Crippen molar-refractivity contribution in [1.82, 2.24) is 5.32 Å². The number of amides is 1. The average molecular weight is 1030 g/mol. The molecule has 1 aliphatic rings. The number of nitrogens with one attached hydrogen (secondary N) is 1. The van der Waals surface area contributed by atoms with Crippen molar-refractivity contribution < 1.29 is 49.3 Å². The zero-order chi connectivity index (χ0) is 54.0. The standard InChI is InChI=1S/C63H103NO10/c1-4-7-10-13-16-19-22-25-26-27-28-29-30-31-33-35-38-41-44-47-50-56(67)62(71)64-54(55(66)49-46-43-40-37-34-24-21-18-15-12-9-6-3)53-72-63-61(60(70)59(69)57(52-65)73-63)74-58(68)51-48-45-42-39-36-32-23-20-17-14-11-8-5-2/h7-8,10-11,14,16-17,19-20,23,25-26,28-29,31-33,36,46,49,54-57,59-61,63,65-67,69-70H,4-6,9,12-13,15,18,21-22,24,27,30,34-35,37-45,47-48,50-53H2,1-3H3,(H,64,71)/b10-7-,11-8+,17-14+,19-16-,23-20-,26-25-,29-28-,33-31-,36-32-,49-46+. The molecule has 0 aromatic heterocycles. The first-order valence-corrected chi connectivity index (χ1v) is 28.9. The number of rotatable bonds is 46. The lowest BCUT2D eigenvalue weighted by atomic mass is 9.99. The minimum atomic E-state index is -1.64. The molecule has 0 spiro atoms. The van der Waals surface area contributed by atoms with Crippen LogP contribution in [0, 0.1) is 0 Å². The van der Waals surface area contributed by atoms with Crippen molar-refractivity contribution in [3.8, 4) is 0 Å². The summed E-state index contributed by atoms with van der Waals surface area (Å²) in [5.41, 5.74) is 0. The van der Waals surface area contributed by atoms with Crippen molar-refractivity contribution in [3.05, 3.63) is 122 Å². The number of allylic oxidation sites excluding steroid dienone is 19. The van der Waals surface area contributed by atoms with Crippen molar-refractivity contribution in [2.24, 2.45) is 0 Å². The number of carbonyl (C=O) groups is 2. The van der Waals surface area contributed by atoms with Gasteiger partial charge in [-0.25, -0.2) is 0 Å². The fourth-order valence-electron chi connectivity index (χ4n) is 8.16. The molecule has 0 saturated carbocycles. The highest BCUT2D eigenvalue weighted by Gasteiger charge is 2.47. The van der Waals surface area contributed by atoms with Gasteiger partial charge >= 0.3 is 5.97 Å². The molecule has 11 nitrogen and oxygen atoms in total. The van der Waals surface area contributed by atoms with Gasteiger partial charge < -0.3 is 45.1 Å². The van der Waals surface area contributed by atoms with Crippen LogP contribution >= 0.6 is 0 Å². The lowest BCUT2D eigenvalue weighted by Gasteiger charge is -2.41. The summed E-state index contributed by atoms with van der Waals surface area (Å²) in [7, 11) is 0. The van der Waals surface area contributed by atoms with Crippen molar-refractivity contribution in [2.75, 3.05) is 13.2 Å². The summed E-state index contributed by atoms with van der Waals surface area (Å²) < 4.78 is 17.5. The largest absolute Gasteiger partial charge is 0.454 e. The van der Waals surface area contributed by atoms with E-state index in [1.54, 1.807) is 6.08 Å². The van der Waals surface area contributed by atoms with Crippen LogP contribution in [0.4, 0.5) is 0 Å². The van der Waals surface area contributed by atoms with Gasteiger partial charge in [-0.3, -0.25) is 9.59 Å². The Morgan fingerprint density at radius 1 is 0.554 bits per heavy atom. The van der Waals surface area contributed by atoms with Gasteiger partial charge in [-0.15, -0.1) is 0 Å². The number of aliphatic hydroxyl groups excluding tert-OH is 5. The van der Waals surface area contributed by atoms with Crippen LogP contribution in [0.5, 0.6) is 0 Å². The van der Waals surface area contributed by atoms with E-state index in [2.05, 4.69) is 99.0 Å². The average Bonchev–Trinajstić information content (AvgIpc) is 3.40. The van der Waals surface area contributed by atoms with Gasteiger partial charge in [-0.05, 0) is 89.9 Å². The zero-order valence-corrected chi connectivity index (χ0v) is 46.2. The topological polar surface area (TPSA) is 175 Å². The van der Waals surface area contributed by atoms with E-state index in [9.17, 15) is 35.1 Å². The maximum atomic E-state index is 13.4. The Labute approximate surface area is 449 Å². The van der Waals surface area contributed by atoms with Gasteiger partial charge in [0.1, 0.15) is 24.4 Å². The molecule has 1 amide bonds. The first kappa shape index (κ1) is 68.1. The number of hydrogen-bond acceptors (Lipinski definition) is 10. The number of aliphatic hydroxyl groups is 5. The molecule has 0 aliphatic carbocycles. The minimum Gasteiger partial charge on any atom is -0.454 e. The van der Waals surface area contributed by atoms with E-state index >= 15 is 0 Å².